The summed E-state index contributed by atoms with van der Waals surface area (Å²) in [6.45, 7) is 14.8. The van der Waals surface area contributed by atoms with Gasteiger partial charge in [-0.05, 0) is 41.5 Å². The van der Waals surface area contributed by atoms with Crippen LogP contribution < -0.4 is 10.6 Å². The third kappa shape index (κ3) is 19.7. The number of benzene rings is 1. The summed E-state index contributed by atoms with van der Waals surface area (Å²) in [6, 6.07) is 5.53. The lowest BCUT2D eigenvalue weighted by atomic mass is 9.85. The van der Waals surface area contributed by atoms with Gasteiger partial charge < -0.3 is 53.8 Å². The fourth-order valence-electron chi connectivity index (χ4n) is 6.55. The second-order valence-corrected chi connectivity index (χ2v) is 17.5. The van der Waals surface area contributed by atoms with Crippen molar-refractivity contribution in [2.75, 3.05) is 112 Å². The number of β-amino-alcohol motifs (C(OH)–C–C–N with tert-alkyl or cyclic N) is 1. The third-order valence-electron chi connectivity index (χ3n) is 9.93. The van der Waals surface area contributed by atoms with Gasteiger partial charge in [0.25, 0.3) is 0 Å². The van der Waals surface area contributed by atoms with Gasteiger partial charge >= 0.3 is 0 Å². The molecule has 0 aliphatic carbocycles. The molecule has 21 nitrogen and oxygen atoms in total. The average molecular weight is 919 g/mol. The zero-order valence-corrected chi connectivity index (χ0v) is 38.8. The summed E-state index contributed by atoms with van der Waals surface area (Å²) >= 11 is 1.56. The van der Waals surface area contributed by atoms with Gasteiger partial charge in [0.1, 0.15) is 18.7 Å². The van der Waals surface area contributed by atoms with E-state index < -0.39 is 46.7 Å². The highest BCUT2D eigenvalue weighted by atomic mass is 32.1. The fraction of sp³-hybridized carbons (Fsp3) is 0.714. The van der Waals surface area contributed by atoms with Crippen LogP contribution in [0.2, 0.25) is 0 Å². The number of hydrogen-bond donors (Lipinski definition) is 3. The van der Waals surface area contributed by atoms with E-state index in [1.54, 1.807) is 16.8 Å². The minimum atomic E-state index is -1.03. The first kappa shape index (κ1) is 53.9. The van der Waals surface area contributed by atoms with E-state index >= 15 is 0 Å². The number of aromatic nitrogens is 1. The molecule has 1 aliphatic heterocycles. The van der Waals surface area contributed by atoms with Gasteiger partial charge in [-0.25, -0.2) is 4.98 Å². The van der Waals surface area contributed by atoms with E-state index in [2.05, 4.69) is 35.7 Å². The van der Waals surface area contributed by atoms with Crippen LogP contribution in [-0.4, -0.2) is 163 Å². The van der Waals surface area contributed by atoms with E-state index in [9.17, 15) is 19.5 Å². The number of amides is 3. The Morgan fingerprint density at radius 1 is 0.828 bits per heavy atom. The Balaban J connectivity index is 1.54. The van der Waals surface area contributed by atoms with Crippen molar-refractivity contribution in [1.82, 2.24) is 20.5 Å². The van der Waals surface area contributed by atoms with Gasteiger partial charge in [-0.1, -0.05) is 62.2 Å². The van der Waals surface area contributed by atoms with Crippen molar-refractivity contribution < 1.29 is 52.6 Å². The molecule has 2 aromatic rings. The summed E-state index contributed by atoms with van der Waals surface area (Å²) in [6.07, 6.45) is -0.853. The normalized spacial score (nSPS) is 16.9. The maximum Gasteiger partial charge on any atom is 0.246 e. The molecule has 22 heteroatoms. The maximum atomic E-state index is 14.2. The molecular weight excluding hydrogens is 853 g/mol. The van der Waals surface area contributed by atoms with Crippen molar-refractivity contribution in [1.29, 1.82) is 0 Å². The molecule has 356 valence electrons. The van der Waals surface area contributed by atoms with E-state index in [0.29, 0.717) is 52.9 Å². The molecule has 1 aromatic heterocycles. The van der Waals surface area contributed by atoms with E-state index in [1.165, 1.54) is 4.90 Å². The highest BCUT2D eigenvalue weighted by Gasteiger charge is 2.44. The Kier molecular flexibility index (Phi) is 24.6. The number of aryl methyl sites for hydroxylation is 1. The molecule has 2 heterocycles. The fourth-order valence-corrected chi connectivity index (χ4v) is 7.36. The lowest BCUT2D eigenvalue weighted by Crippen LogP contribution is -2.58. The Hall–Kier alpha value is -4.44. The minimum absolute atomic E-state index is 0.0547. The van der Waals surface area contributed by atoms with Crippen molar-refractivity contribution in [3.05, 3.63) is 61.9 Å². The van der Waals surface area contributed by atoms with Gasteiger partial charge in [-0.3, -0.25) is 14.4 Å². The molecule has 1 aromatic carbocycles. The van der Waals surface area contributed by atoms with Crippen LogP contribution in [0, 0.1) is 17.8 Å². The van der Waals surface area contributed by atoms with Gasteiger partial charge in [-0.2, -0.15) is 0 Å². The number of aliphatic hydroxyl groups excluding tert-OH is 1. The molecule has 0 radical (unpaired) electrons. The van der Waals surface area contributed by atoms with Crippen LogP contribution in [0.4, 0.5) is 0 Å². The van der Waals surface area contributed by atoms with Gasteiger partial charge in [0.15, 0.2) is 0 Å². The summed E-state index contributed by atoms with van der Waals surface area (Å²) in [7, 11) is 0. The molecule has 3 amide bonds. The van der Waals surface area contributed by atoms with Crippen molar-refractivity contribution in [2.24, 2.45) is 21.1 Å². The largest absolute Gasteiger partial charge is 0.391 e. The molecular formula is C42H66N10O11S. The molecule has 1 aliphatic rings. The zero-order chi connectivity index (χ0) is 46.8. The number of aliphatic hydroxyl groups is 1. The van der Waals surface area contributed by atoms with E-state index in [-0.39, 0.29) is 71.7 Å². The zero-order valence-electron chi connectivity index (χ0n) is 37.9. The van der Waals surface area contributed by atoms with Crippen molar-refractivity contribution in [3.63, 3.8) is 0 Å². The Morgan fingerprint density at radius 2 is 1.34 bits per heavy atom. The van der Waals surface area contributed by atoms with Crippen LogP contribution in [0.5, 0.6) is 0 Å². The molecule has 64 heavy (non-hydrogen) atoms. The molecule has 4 atom stereocenters. The average Bonchev–Trinajstić information content (AvgIpc) is 3.88. The van der Waals surface area contributed by atoms with E-state index in [0.717, 1.165) is 21.7 Å². The van der Waals surface area contributed by atoms with Crippen LogP contribution >= 0.6 is 11.3 Å². The first-order valence-corrected chi connectivity index (χ1v) is 22.2. The Bertz CT molecular complexity index is 1760. The predicted octanol–water partition coefficient (Wildman–Crippen LogP) is 4.53. The summed E-state index contributed by atoms with van der Waals surface area (Å²) in [5.74, 6) is -1.41. The van der Waals surface area contributed by atoms with Crippen molar-refractivity contribution >= 4 is 29.1 Å². The summed E-state index contributed by atoms with van der Waals surface area (Å²) in [5.41, 5.74) is 19.9. The number of carbonyl (C=O) groups is 3. The standard InChI is InChI=1S/C42H66N10O11S/c1-30(32-7-9-33(10-8-32)37-31(2)45-29-64-37)48-39(55)35-23-34(53)24-52(35)40(56)38(41(3,4)5)49-36(54)25-63-28-42(6,26-61-21-19-59-17-15-57-13-11-46-50-43)27-62-22-20-60-18-16-58-14-12-47-51-44/h7-10,29-30,34-35,38,53H,11-28H2,1-6H3,(H,48,55)(H,49,54)/t30-,34-,35-,38+/m0/s1. The number of likely N-dealkylation sites (tertiary alicyclic amines) is 1. The van der Waals surface area contributed by atoms with E-state index in [4.69, 9.17) is 44.2 Å². The smallest absolute Gasteiger partial charge is 0.246 e. The molecule has 1 fully saturated rings. The van der Waals surface area contributed by atoms with Gasteiger partial charge in [0.05, 0.1) is 114 Å². The number of nitrogens with zero attached hydrogens (tertiary/aromatic N) is 8. The predicted molar refractivity (Wildman–Crippen MR) is 238 cm³/mol. The molecule has 3 N–H and O–H groups in total. The summed E-state index contributed by atoms with van der Waals surface area (Å²) in [4.78, 5) is 53.4. The highest BCUT2D eigenvalue weighted by Crippen LogP contribution is 2.30. The number of thiazole rings is 1. The van der Waals surface area contributed by atoms with E-state index in [1.807, 2.05) is 65.8 Å². The van der Waals surface area contributed by atoms with Crippen LogP contribution in [0.15, 0.2) is 40.0 Å². The van der Waals surface area contributed by atoms with Gasteiger partial charge in [0.2, 0.25) is 17.7 Å². The molecule has 1 saturated heterocycles. The number of azide groups is 2. The molecule has 3 rings (SSSR count). The second kappa shape index (κ2) is 29.2. The molecule has 0 saturated carbocycles. The topological polar surface area (TPSA) is 274 Å². The monoisotopic (exact) mass is 918 g/mol. The first-order valence-electron chi connectivity index (χ1n) is 21.3. The van der Waals surface area contributed by atoms with Gasteiger partial charge in [0, 0.05) is 41.3 Å². The summed E-state index contributed by atoms with van der Waals surface area (Å²) in [5, 5.41) is 23.3. The maximum absolute atomic E-state index is 14.2. The number of carbonyl (C=O) groups excluding carboxylic acids is 3. The molecule has 0 spiro atoms. The van der Waals surface area contributed by atoms with Gasteiger partial charge in [-0.15, -0.1) is 11.3 Å². The summed E-state index contributed by atoms with van der Waals surface area (Å²) < 4.78 is 39.5. The number of hydrogen-bond acceptors (Lipinski definition) is 15. The highest BCUT2D eigenvalue weighted by molar-refractivity contribution is 7.13. The Morgan fingerprint density at radius 3 is 1.84 bits per heavy atom. The SMILES string of the molecule is Cc1ncsc1-c1ccc([C@H](C)NC(=O)[C@@H]2C[C@H](O)CN2C(=O)[C@@H](NC(=O)COCC(C)(COCCOCCOCCN=[N+]=[N-])COCCOCCOCCN=[N+]=[N-])C(C)(C)C)cc1. The lowest BCUT2D eigenvalue weighted by molar-refractivity contribution is -0.145. The lowest BCUT2D eigenvalue weighted by Gasteiger charge is -2.35. The molecule has 0 unspecified atom stereocenters. The number of ether oxygens (including phenoxy) is 7. The number of nitrogens with one attached hydrogen (secondary N) is 2. The van der Waals surface area contributed by atoms with Crippen LogP contribution in [0.25, 0.3) is 31.3 Å². The first-order chi connectivity index (χ1) is 30.7. The van der Waals surface area contributed by atoms with Crippen LogP contribution in [0.1, 0.15) is 58.3 Å². The minimum Gasteiger partial charge on any atom is -0.391 e. The molecule has 0 bridgehead atoms. The second-order valence-electron chi connectivity index (χ2n) is 16.6. The van der Waals surface area contributed by atoms with Crippen molar-refractivity contribution in [2.45, 2.75) is 72.2 Å². The van der Waals surface area contributed by atoms with Crippen LogP contribution in [-0.2, 0) is 47.5 Å². The quantitative estimate of drug-likeness (QED) is 0.0395. The number of rotatable bonds is 32. The van der Waals surface area contributed by atoms with Crippen LogP contribution in [0.3, 0.4) is 0 Å². The Labute approximate surface area is 379 Å². The third-order valence-corrected chi connectivity index (χ3v) is 10.9. The van der Waals surface area contributed by atoms with Crippen molar-refractivity contribution in [3.8, 4) is 10.4 Å².